The Balaban J connectivity index is 2.02. The van der Waals surface area contributed by atoms with Gasteiger partial charge in [-0.3, -0.25) is 4.90 Å². The Morgan fingerprint density at radius 3 is 1.58 bits per heavy atom. The van der Waals surface area contributed by atoms with Gasteiger partial charge in [0.05, 0.1) is 17.2 Å². The molecule has 2 atom stereocenters. The number of rotatable bonds is 5. The molecule has 0 bridgehead atoms. The lowest BCUT2D eigenvalue weighted by molar-refractivity contribution is -0.138. The Bertz CT molecular complexity index is 1410. The van der Waals surface area contributed by atoms with Gasteiger partial charge in [0.2, 0.25) is 0 Å². The van der Waals surface area contributed by atoms with Crippen LogP contribution in [0.2, 0.25) is 0 Å². The van der Waals surface area contributed by atoms with E-state index in [1.165, 1.54) is 24.3 Å². The van der Waals surface area contributed by atoms with Crippen LogP contribution in [-0.4, -0.2) is 37.0 Å². The molecule has 234 valence electrons. The van der Waals surface area contributed by atoms with Gasteiger partial charge < -0.3 is 9.64 Å². The predicted molar refractivity (Wildman–Crippen MR) is 157 cm³/mol. The van der Waals surface area contributed by atoms with Crippen molar-refractivity contribution in [1.29, 1.82) is 0 Å². The minimum Gasteiger partial charge on any atom is -0.470 e. The molecule has 3 aromatic rings. The fourth-order valence-electron chi connectivity index (χ4n) is 5.35. The summed E-state index contributed by atoms with van der Waals surface area (Å²) in [4.78, 5) is 4.02. The molecule has 1 aliphatic rings. The van der Waals surface area contributed by atoms with Crippen LogP contribution in [0.25, 0.3) is 0 Å². The number of nitrogens with zero attached hydrogens (tertiary/aromatic N) is 2. The lowest BCUT2D eigenvalue weighted by Gasteiger charge is -2.46. The minimum absolute atomic E-state index is 0.238. The summed E-state index contributed by atoms with van der Waals surface area (Å²) in [7, 11) is 3.82. The van der Waals surface area contributed by atoms with Gasteiger partial charge >= 0.3 is 12.4 Å². The molecule has 0 N–H and O–H groups in total. The summed E-state index contributed by atoms with van der Waals surface area (Å²) in [5.41, 5.74) is 1.84. The molecule has 0 unspecified atom stereocenters. The Morgan fingerprint density at radius 2 is 1.16 bits per heavy atom. The molecule has 3 aromatic carbocycles. The van der Waals surface area contributed by atoms with Crippen LogP contribution in [0.15, 0.2) is 60.7 Å². The molecule has 3 nitrogen and oxygen atoms in total. The molecule has 0 fully saturated rings. The molecule has 9 heteroatoms. The van der Waals surface area contributed by atoms with E-state index in [1.807, 2.05) is 23.9 Å². The van der Waals surface area contributed by atoms with E-state index in [4.69, 9.17) is 4.74 Å². The second kappa shape index (κ2) is 11.5. The van der Waals surface area contributed by atoms with Crippen molar-refractivity contribution in [3.05, 3.63) is 99.6 Å². The van der Waals surface area contributed by atoms with Crippen molar-refractivity contribution in [2.45, 2.75) is 77.0 Å². The molecule has 1 heterocycles. The van der Waals surface area contributed by atoms with Crippen LogP contribution in [0.5, 0.6) is 5.75 Å². The molecule has 0 radical (unpaired) electrons. The maximum Gasteiger partial charge on any atom is 0.416 e. The summed E-state index contributed by atoms with van der Waals surface area (Å²) in [5, 5.41) is 0. The van der Waals surface area contributed by atoms with Crippen LogP contribution < -0.4 is 4.74 Å². The summed E-state index contributed by atoms with van der Waals surface area (Å²) in [6, 6.07) is 13.7. The van der Waals surface area contributed by atoms with Crippen molar-refractivity contribution in [3.8, 4) is 5.75 Å². The zero-order chi connectivity index (χ0) is 32.1. The molecule has 0 saturated carbocycles. The van der Waals surface area contributed by atoms with E-state index in [0.717, 1.165) is 41.0 Å². The fraction of sp³-hybridized carbons (Fsp3) is 0.471. The van der Waals surface area contributed by atoms with Crippen molar-refractivity contribution in [2.75, 3.05) is 27.2 Å². The highest BCUT2D eigenvalue weighted by atomic mass is 19.4. The zero-order valence-corrected chi connectivity index (χ0v) is 25.9. The second-order valence-corrected chi connectivity index (χ2v) is 13.6. The first-order valence-electron chi connectivity index (χ1n) is 14.3. The third-order valence-corrected chi connectivity index (χ3v) is 7.83. The molecule has 0 saturated heterocycles. The number of hydrogen-bond donors (Lipinski definition) is 0. The first-order chi connectivity index (χ1) is 19.7. The third-order valence-electron chi connectivity index (χ3n) is 7.83. The van der Waals surface area contributed by atoms with Crippen molar-refractivity contribution < 1.29 is 31.1 Å². The Hall–Kier alpha value is -3.04. The van der Waals surface area contributed by atoms with Gasteiger partial charge in [-0.1, -0.05) is 71.9 Å². The van der Waals surface area contributed by atoms with E-state index in [0.29, 0.717) is 30.0 Å². The number of benzene rings is 3. The molecule has 0 aliphatic carbocycles. The Morgan fingerprint density at radius 1 is 0.674 bits per heavy atom. The maximum absolute atomic E-state index is 13.5. The maximum atomic E-state index is 13.5. The number of fused-ring (bicyclic) bond motifs is 1. The monoisotopic (exact) mass is 606 g/mol. The van der Waals surface area contributed by atoms with Crippen molar-refractivity contribution >= 4 is 0 Å². The van der Waals surface area contributed by atoms with Crippen LogP contribution >= 0.6 is 0 Å². The summed E-state index contributed by atoms with van der Waals surface area (Å²) < 4.78 is 87.7. The molecular formula is C34H40F6N2O. The summed E-state index contributed by atoms with van der Waals surface area (Å²) in [6.45, 7) is 13.5. The lowest BCUT2D eigenvalue weighted by Crippen LogP contribution is -2.44. The van der Waals surface area contributed by atoms with Gasteiger partial charge in [0.25, 0.3) is 0 Å². The molecule has 43 heavy (non-hydrogen) atoms. The van der Waals surface area contributed by atoms with Crippen LogP contribution in [0.1, 0.15) is 92.8 Å². The highest BCUT2D eigenvalue weighted by Crippen LogP contribution is 2.51. The molecule has 0 spiro atoms. The molecule has 0 aromatic heterocycles. The van der Waals surface area contributed by atoms with Gasteiger partial charge in [0.15, 0.2) is 6.23 Å². The van der Waals surface area contributed by atoms with Crippen molar-refractivity contribution in [3.63, 3.8) is 0 Å². The van der Waals surface area contributed by atoms with Gasteiger partial charge in [-0.25, -0.2) is 0 Å². The number of likely N-dealkylation sites (N-methyl/N-ethyl adjacent to an activating group) is 1. The molecule has 4 rings (SSSR count). The van der Waals surface area contributed by atoms with E-state index < -0.39 is 35.7 Å². The van der Waals surface area contributed by atoms with Gasteiger partial charge in [-0.15, -0.1) is 0 Å². The van der Waals surface area contributed by atoms with Crippen LogP contribution in [0.4, 0.5) is 26.3 Å². The summed E-state index contributed by atoms with van der Waals surface area (Å²) >= 11 is 0. The van der Waals surface area contributed by atoms with Crippen LogP contribution in [0, 0.1) is 0 Å². The molecule has 1 aliphatic heterocycles. The highest BCUT2D eigenvalue weighted by Gasteiger charge is 2.42. The SMILES string of the molecule is CN(C)CCN1[C@H](c2ccc(C(F)(F)F)cc2)c2cc(C(C)(C)C)cc(C(C)(C)C)c2O[C@H]1c1ccc(C(F)(F)F)cc1. The van der Waals surface area contributed by atoms with Gasteiger partial charge in [0.1, 0.15) is 5.75 Å². The number of hydrogen-bond acceptors (Lipinski definition) is 3. The predicted octanol–water partition coefficient (Wildman–Crippen LogP) is 9.36. The van der Waals surface area contributed by atoms with Crippen LogP contribution in [-0.2, 0) is 23.2 Å². The van der Waals surface area contributed by atoms with Gasteiger partial charge in [-0.05, 0) is 66.4 Å². The minimum atomic E-state index is -4.49. The fourth-order valence-corrected chi connectivity index (χ4v) is 5.35. The molecular weight excluding hydrogens is 566 g/mol. The van der Waals surface area contributed by atoms with E-state index in [9.17, 15) is 26.3 Å². The first kappa shape index (κ1) is 32.9. The Labute approximate surface area is 250 Å². The standard InChI is InChI=1S/C34H40F6N2O/c1-31(2,3)25-19-26-28(21-9-13-23(14-10-21)33(35,36)37)42(18-17-41(7)8)30(43-29(26)27(20-25)32(4,5)6)22-11-15-24(16-12-22)34(38,39)40/h9-16,19-20,28,30H,17-18H2,1-8H3/t28-,30+/m1/s1. The first-order valence-corrected chi connectivity index (χ1v) is 14.3. The van der Waals surface area contributed by atoms with E-state index in [1.54, 1.807) is 0 Å². The summed E-state index contributed by atoms with van der Waals surface area (Å²) in [6.07, 6.45) is -9.77. The van der Waals surface area contributed by atoms with Crippen molar-refractivity contribution in [2.24, 2.45) is 0 Å². The number of alkyl halides is 6. The topological polar surface area (TPSA) is 15.7 Å². The Kier molecular flexibility index (Phi) is 8.77. The largest absolute Gasteiger partial charge is 0.470 e. The normalized spacial score (nSPS) is 18.5. The van der Waals surface area contributed by atoms with Gasteiger partial charge in [0, 0.05) is 29.8 Å². The molecule has 0 amide bonds. The van der Waals surface area contributed by atoms with Crippen LogP contribution in [0.3, 0.4) is 0 Å². The number of ether oxygens (including phenoxy) is 1. The summed E-state index contributed by atoms with van der Waals surface area (Å²) in [5.74, 6) is 0.608. The van der Waals surface area contributed by atoms with E-state index in [-0.39, 0.29) is 10.8 Å². The van der Waals surface area contributed by atoms with E-state index in [2.05, 4.69) is 53.7 Å². The van der Waals surface area contributed by atoms with Crippen molar-refractivity contribution in [1.82, 2.24) is 9.80 Å². The second-order valence-electron chi connectivity index (χ2n) is 13.6. The van der Waals surface area contributed by atoms with Gasteiger partial charge in [-0.2, -0.15) is 26.3 Å². The quantitative estimate of drug-likeness (QED) is 0.269. The third kappa shape index (κ3) is 7.20. The zero-order valence-electron chi connectivity index (χ0n) is 25.9. The smallest absolute Gasteiger partial charge is 0.416 e. The average Bonchev–Trinajstić information content (AvgIpc) is 2.88. The highest BCUT2D eigenvalue weighted by molar-refractivity contribution is 5.55. The lowest BCUT2D eigenvalue weighted by atomic mass is 9.76. The average molecular weight is 607 g/mol. The number of halogens is 6. The van der Waals surface area contributed by atoms with E-state index >= 15 is 0 Å².